The van der Waals surface area contributed by atoms with Crippen LogP contribution in [0.2, 0.25) is 0 Å². The average Bonchev–Trinajstić information content (AvgIpc) is 2.46. The van der Waals surface area contributed by atoms with Crippen LogP contribution in [0.5, 0.6) is 0 Å². The van der Waals surface area contributed by atoms with Crippen LogP contribution in [-0.4, -0.2) is 46.6 Å². The molecule has 0 aliphatic carbocycles. The van der Waals surface area contributed by atoms with Crippen molar-refractivity contribution in [2.45, 2.75) is 25.9 Å². The Hall–Kier alpha value is -1.86. The number of nitrogens with zero attached hydrogens (tertiary/aromatic N) is 3. The summed E-state index contributed by atoms with van der Waals surface area (Å²) in [5.41, 5.74) is 0.0660. The normalized spacial score (nSPS) is 19.4. The number of amides is 1. The van der Waals surface area contributed by atoms with E-state index in [-0.39, 0.29) is 18.7 Å². The standard InChI is InChI=1S/C13H17F3N4O/c1-2-18-11-7-17-6-10(19-11)12(21)20-5-3-4-9(8-20)13(14,15)16/h6-7,9H,2-5,8H2,1H3,(H,18,19). The van der Waals surface area contributed by atoms with Gasteiger partial charge in [0.2, 0.25) is 0 Å². The molecule has 1 unspecified atom stereocenters. The molecule has 1 N–H and O–H groups in total. The molecular formula is C13H17F3N4O. The molecule has 8 heteroatoms. The van der Waals surface area contributed by atoms with Gasteiger partial charge in [-0.3, -0.25) is 9.78 Å². The summed E-state index contributed by atoms with van der Waals surface area (Å²) in [6.07, 6.45) is -1.11. The highest BCUT2D eigenvalue weighted by Crippen LogP contribution is 2.33. The second-order valence-corrected chi connectivity index (χ2v) is 4.95. The topological polar surface area (TPSA) is 58.1 Å². The first-order valence-electron chi connectivity index (χ1n) is 6.83. The minimum absolute atomic E-state index is 0.0659. The number of hydrogen-bond acceptors (Lipinski definition) is 4. The van der Waals surface area contributed by atoms with Gasteiger partial charge in [0.25, 0.3) is 5.91 Å². The zero-order chi connectivity index (χ0) is 15.5. The molecule has 1 aromatic heterocycles. The Morgan fingerprint density at radius 3 is 2.90 bits per heavy atom. The van der Waals surface area contributed by atoms with Crippen molar-refractivity contribution >= 4 is 11.7 Å². The zero-order valence-corrected chi connectivity index (χ0v) is 11.7. The third-order valence-electron chi connectivity index (χ3n) is 3.38. The van der Waals surface area contributed by atoms with Gasteiger partial charge < -0.3 is 10.2 Å². The van der Waals surface area contributed by atoms with E-state index >= 15 is 0 Å². The van der Waals surface area contributed by atoms with E-state index in [1.165, 1.54) is 17.3 Å². The number of nitrogens with one attached hydrogen (secondary N) is 1. The maximum atomic E-state index is 12.8. The molecule has 2 rings (SSSR count). The molecular weight excluding hydrogens is 285 g/mol. The highest BCUT2D eigenvalue weighted by Gasteiger charge is 2.42. The summed E-state index contributed by atoms with van der Waals surface area (Å²) in [6.45, 7) is 2.49. The predicted octanol–water partition coefficient (Wildman–Crippen LogP) is 2.32. The average molecular weight is 302 g/mol. The number of likely N-dealkylation sites (tertiary alicyclic amines) is 1. The zero-order valence-electron chi connectivity index (χ0n) is 11.7. The molecule has 1 aliphatic rings. The summed E-state index contributed by atoms with van der Waals surface area (Å²) in [7, 11) is 0. The van der Waals surface area contributed by atoms with Gasteiger partial charge in [-0.15, -0.1) is 0 Å². The Balaban J connectivity index is 2.10. The maximum Gasteiger partial charge on any atom is 0.393 e. The van der Waals surface area contributed by atoms with Crippen molar-refractivity contribution in [3.63, 3.8) is 0 Å². The molecule has 116 valence electrons. The minimum Gasteiger partial charge on any atom is -0.369 e. The van der Waals surface area contributed by atoms with Crippen LogP contribution >= 0.6 is 0 Å². The van der Waals surface area contributed by atoms with Crippen molar-refractivity contribution in [1.29, 1.82) is 0 Å². The lowest BCUT2D eigenvalue weighted by molar-refractivity contribution is -0.184. The van der Waals surface area contributed by atoms with E-state index < -0.39 is 18.0 Å². The van der Waals surface area contributed by atoms with Crippen LogP contribution in [-0.2, 0) is 0 Å². The van der Waals surface area contributed by atoms with Crippen LogP contribution in [0.4, 0.5) is 19.0 Å². The third kappa shape index (κ3) is 3.83. The molecule has 1 amide bonds. The number of piperidine rings is 1. The lowest BCUT2D eigenvalue weighted by Crippen LogP contribution is -2.44. The Bertz CT molecular complexity index is 506. The van der Waals surface area contributed by atoms with Gasteiger partial charge in [0.05, 0.1) is 18.3 Å². The molecule has 1 fully saturated rings. The molecule has 2 heterocycles. The highest BCUT2D eigenvalue weighted by atomic mass is 19.4. The summed E-state index contributed by atoms with van der Waals surface area (Å²) in [5.74, 6) is -1.52. The molecule has 0 bridgehead atoms. The van der Waals surface area contributed by atoms with Gasteiger partial charge in [0.15, 0.2) is 0 Å². The van der Waals surface area contributed by atoms with E-state index in [9.17, 15) is 18.0 Å². The molecule has 1 aliphatic heterocycles. The van der Waals surface area contributed by atoms with Crippen molar-refractivity contribution in [2.24, 2.45) is 5.92 Å². The lowest BCUT2D eigenvalue weighted by Gasteiger charge is -2.33. The van der Waals surface area contributed by atoms with Gasteiger partial charge in [-0.1, -0.05) is 0 Å². The summed E-state index contributed by atoms with van der Waals surface area (Å²) in [4.78, 5) is 21.4. The first-order valence-corrected chi connectivity index (χ1v) is 6.83. The number of carbonyl (C=O) groups excluding carboxylic acids is 1. The quantitative estimate of drug-likeness (QED) is 0.931. The first kappa shape index (κ1) is 15.5. The van der Waals surface area contributed by atoms with Crippen molar-refractivity contribution in [3.05, 3.63) is 18.1 Å². The monoisotopic (exact) mass is 302 g/mol. The number of carbonyl (C=O) groups is 1. The van der Waals surface area contributed by atoms with Gasteiger partial charge in [0.1, 0.15) is 11.5 Å². The fraction of sp³-hybridized carbons (Fsp3) is 0.615. The molecule has 21 heavy (non-hydrogen) atoms. The smallest absolute Gasteiger partial charge is 0.369 e. The van der Waals surface area contributed by atoms with Gasteiger partial charge in [-0.2, -0.15) is 13.2 Å². The highest BCUT2D eigenvalue weighted by molar-refractivity contribution is 5.92. The Labute approximate surface area is 120 Å². The lowest BCUT2D eigenvalue weighted by atomic mass is 9.97. The number of aromatic nitrogens is 2. The Morgan fingerprint density at radius 1 is 1.48 bits per heavy atom. The van der Waals surface area contributed by atoms with E-state index in [0.717, 1.165) is 0 Å². The fourth-order valence-corrected chi connectivity index (χ4v) is 2.33. The van der Waals surface area contributed by atoms with E-state index in [1.807, 2.05) is 6.92 Å². The van der Waals surface area contributed by atoms with Gasteiger partial charge >= 0.3 is 6.18 Å². The minimum atomic E-state index is -4.27. The second-order valence-electron chi connectivity index (χ2n) is 4.95. The number of anilines is 1. The van der Waals surface area contributed by atoms with Crippen LogP contribution in [0.15, 0.2) is 12.4 Å². The molecule has 1 aromatic rings. The summed E-state index contributed by atoms with van der Waals surface area (Å²) >= 11 is 0. The van der Waals surface area contributed by atoms with Crippen molar-refractivity contribution in [2.75, 3.05) is 25.0 Å². The van der Waals surface area contributed by atoms with Gasteiger partial charge in [-0.05, 0) is 19.8 Å². The molecule has 5 nitrogen and oxygen atoms in total. The van der Waals surface area contributed by atoms with E-state index in [2.05, 4.69) is 15.3 Å². The van der Waals surface area contributed by atoms with Crippen molar-refractivity contribution in [3.8, 4) is 0 Å². The number of hydrogen-bond donors (Lipinski definition) is 1. The number of alkyl halides is 3. The molecule has 1 saturated heterocycles. The molecule has 0 spiro atoms. The largest absolute Gasteiger partial charge is 0.393 e. The Morgan fingerprint density at radius 2 is 2.24 bits per heavy atom. The molecule has 0 aromatic carbocycles. The summed E-state index contributed by atoms with van der Waals surface area (Å²) < 4.78 is 38.3. The van der Waals surface area contributed by atoms with Crippen LogP contribution in [0.3, 0.4) is 0 Å². The van der Waals surface area contributed by atoms with Crippen LogP contribution in [0, 0.1) is 5.92 Å². The van der Waals surface area contributed by atoms with E-state index in [0.29, 0.717) is 25.3 Å². The van der Waals surface area contributed by atoms with Gasteiger partial charge in [0, 0.05) is 19.6 Å². The summed E-state index contributed by atoms with van der Waals surface area (Å²) in [6, 6.07) is 0. The second kappa shape index (κ2) is 6.28. The van der Waals surface area contributed by atoms with Crippen molar-refractivity contribution in [1.82, 2.24) is 14.9 Å². The summed E-state index contributed by atoms with van der Waals surface area (Å²) in [5, 5.41) is 2.91. The number of rotatable bonds is 3. The first-order chi connectivity index (χ1) is 9.91. The molecule has 1 atom stereocenters. The van der Waals surface area contributed by atoms with Crippen LogP contribution < -0.4 is 5.32 Å². The van der Waals surface area contributed by atoms with Crippen molar-refractivity contribution < 1.29 is 18.0 Å². The van der Waals surface area contributed by atoms with E-state index in [1.54, 1.807) is 0 Å². The van der Waals surface area contributed by atoms with Crippen LogP contribution in [0.1, 0.15) is 30.3 Å². The van der Waals surface area contributed by atoms with Crippen LogP contribution in [0.25, 0.3) is 0 Å². The Kier molecular flexibility index (Phi) is 4.64. The molecule has 0 saturated carbocycles. The molecule has 0 radical (unpaired) electrons. The fourth-order valence-electron chi connectivity index (χ4n) is 2.33. The maximum absolute atomic E-state index is 12.8. The third-order valence-corrected chi connectivity index (χ3v) is 3.38. The van der Waals surface area contributed by atoms with Gasteiger partial charge in [-0.25, -0.2) is 4.98 Å². The SMILES string of the molecule is CCNc1cncc(C(=O)N2CCCC(C(F)(F)F)C2)n1. The predicted molar refractivity (Wildman–Crippen MR) is 70.9 cm³/mol. The number of halogens is 3. The van der Waals surface area contributed by atoms with E-state index in [4.69, 9.17) is 0 Å².